The van der Waals surface area contributed by atoms with E-state index in [1.807, 2.05) is 0 Å². The van der Waals surface area contributed by atoms with E-state index in [4.69, 9.17) is 4.74 Å². The van der Waals surface area contributed by atoms with Crippen LogP contribution in [0.25, 0.3) is 5.76 Å². The van der Waals surface area contributed by atoms with Crippen molar-refractivity contribution in [2.24, 2.45) is 0 Å². The molecular formula is C27H22F3NO6. The van der Waals surface area contributed by atoms with Gasteiger partial charge in [0.05, 0.1) is 18.7 Å². The smallest absolute Gasteiger partial charge is 0.508 e. The Kier molecular flexibility index (Phi) is 6.60. The van der Waals surface area contributed by atoms with Gasteiger partial charge in [-0.3, -0.25) is 14.5 Å². The molecule has 0 aromatic heterocycles. The van der Waals surface area contributed by atoms with Crippen LogP contribution in [-0.4, -0.2) is 35.4 Å². The number of rotatable bonds is 5. The van der Waals surface area contributed by atoms with Gasteiger partial charge in [0.15, 0.2) is 0 Å². The van der Waals surface area contributed by atoms with Crippen molar-refractivity contribution in [2.45, 2.75) is 26.3 Å². The highest BCUT2D eigenvalue weighted by molar-refractivity contribution is 6.51. The molecule has 0 aliphatic carbocycles. The zero-order valence-electron chi connectivity index (χ0n) is 20.0. The van der Waals surface area contributed by atoms with Crippen molar-refractivity contribution in [3.8, 4) is 17.2 Å². The number of alkyl halides is 3. The van der Waals surface area contributed by atoms with E-state index in [2.05, 4.69) is 4.74 Å². The number of aliphatic hydroxyl groups excluding tert-OH is 1. The van der Waals surface area contributed by atoms with Gasteiger partial charge in [-0.15, -0.1) is 13.2 Å². The molecule has 0 saturated carbocycles. The van der Waals surface area contributed by atoms with Crippen molar-refractivity contribution in [3.63, 3.8) is 0 Å². The van der Waals surface area contributed by atoms with Crippen molar-refractivity contribution in [3.05, 3.63) is 88.5 Å². The molecule has 0 spiro atoms. The Morgan fingerprint density at radius 3 is 2.14 bits per heavy atom. The Morgan fingerprint density at radius 1 is 0.946 bits per heavy atom. The van der Waals surface area contributed by atoms with Gasteiger partial charge in [-0.1, -0.05) is 12.1 Å². The van der Waals surface area contributed by atoms with Gasteiger partial charge in [-0.2, -0.15) is 0 Å². The molecule has 1 aliphatic rings. The molecule has 1 amide bonds. The number of aryl methyl sites for hydroxylation is 2. The number of carbonyl (C=O) groups excluding carboxylic acids is 2. The van der Waals surface area contributed by atoms with E-state index in [0.717, 1.165) is 17.0 Å². The number of Topliss-reactive ketones (excluding diaryl/α,β-unsaturated/α-hetero) is 1. The quantitative estimate of drug-likeness (QED) is 0.264. The number of benzene rings is 3. The van der Waals surface area contributed by atoms with E-state index < -0.39 is 35.6 Å². The second-order valence-electron chi connectivity index (χ2n) is 8.44. The highest BCUT2D eigenvalue weighted by atomic mass is 19.4. The Labute approximate surface area is 210 Å². The van der Waals surface area contributed by atoms with Crippen LogP contribution in [0.4, 0.5) is 18.9 Å². The first-order valence-electron chi connectivity index (χ1n) is 11.0. The minimum absolute atomic E-state index is 0.0593. The van der Waals surface area contributed by atoms with Crippen LogP contribution in [0, 0.1) is 13.8 Å². The molecule has 0 bridgehead atoms. The minimum Gasteiger partial charge on any atom is -0.508 e. The minimum atomic E-state index is -4.90. The van der Waals surface area contributed by atoms with Gasteiger partial charge < -0.3 is 19.7 Å². The fraction of sp³-hybridized carbons (Fsp3) is 0.185. The number of carbonyl (C=O) groups is 2. The maximum atomic E-state index is 13.3. The molecule has 2 N–H and O–H groups in total. The van der Waals surface area contributed by atoms with Crippen LogP contribution < -0.4 is 14.4 Å². The van der Waals surface area contributed by atoms with Gasteiger partial charge in [0.1, 0.15) is 23.0 Å². The first kappa shape index (κ1) is 25.6. The van der Waals surface area contributed by atoms with Crippen LogP contribution >= 0.6 is 0 Å². The van der Waals surface area contributed by atoms with Crippen molar-refractivity contribution < 1.29 is 42.4 Å². The maximum absolute atomic E-state index is 13.3. The van der Waals surface area contributed by atoms with E-state index >= 15 is 0 Å². The van der Waals surface area contributed by atoms with Crippen LogP contribution in [0.2, 0.25) is 0 Å². The molecular weight excluding hydrogens is 491 g/mol. The number of methoxy groups -OCH3 is 1. The van der Waals surface area contributed by atoms with E-state index in [-0.39, 0.29) is 17.0 Å². The molecule has 4 rings (SSSR count). The Hall–Kier alpha value is -4.47. The molecule has 1 aliphatic heterocycles. The van der Waals surface area contributed by atoms with Crippen LogP contribution in [0.5, 0.6) is 17.2 Å². The van der Waals surface area contributed by atoms with Crippen molar-refractivity contribution in [1.82, 2.24) is 0 Å². The third-order valence-electron chi connectivity index (χ3n) is 6.00. The summed E-state index contributed by atoms with van der Waals surface area (Å²) in [4.78, 5) is 27.6. The number of ether oxygens (including phenoxy) is 2. The zero-order valence-corrected chi connectivity index (χ0v) is 20.0. The number of anilines is 1. The van der Waals surface area contributed by atoms with Crippen molar-refractivity contribution >= 4 is 23.1 Å². The molecule has 37 heavy (non-hydrogen) atoms. The topological polar surface area (TPSA) is 96.3 Å². The highest BCUT2D eigenvalue weighted by Crippen LogP contribution is 2.43. The van der Waals surface area contributed by atoms with Crippen LogP contribution in [0.1, 0.15) is 28.3 Å². The van der Waals surface area contributed by atoms with Gasteiger partial charge in [0, 0.05) is 11.3 Å². The molecule has 3 aromatic rings. The molecule has 192 valence electrons. The number of amides is 1. The summed E-state index contributed by atoms with van der Waals surface area (Å²) in [5.74, 6) is -2.36. The molecule has 1 heterocycles. The lowest BCUT2D eigenvalue weighted by atomic mass is 9.93. The zero-order chi connectivity index (χ0) is 27.1. The number of halogens is 3. The largest absolute Gasteiger partial charge is 0.573 e. The number of phenolic OH excluding ortho intramolecular Hbond substituents is 1. The van der Waals surface area contributed by atoms with E-state index in [1.54, 1.807) is 26.0 Å². The van der Waals surface area contributed by atoms with Crippen molar-refractivity contribution in [2.75, 3.05) is 12.0 Å². The first-order valence-corrected chi connectivity index (χ1v) is 11.0. The summed E-state index contributed by atoms with van der Waals surface area (Å²) in [6.07, 6.45) is -4.90. The molecule has 7 nitrogen and oxygen atoms in total. The molecule has 3 aromatic carbocycles. The Balaban J connectivity index is 1.89. The molecule has 1 saturated heterocycles. The number of aromatic hydroxyl groups is 1. The van der Waals surface area contributed by atoms with Gasteiger partial charge in [-0.05, 0) is 79.1 Å². The van der Waals surface area contributed by atoms with Crippen LogP contribution in [0.3, 0.4) is 0 Å². The second kappa shape index (κ2) is 9.53. The fourth-order valence-electron chi connectivity index (χ4n) is 4.29. The fourth-order valence-corrected chi connectivity index (χ4v) is 4.29. The summed E-state index contributed by atoms with van der Waals surface area (Å²) >= 11 is 0. The number of aliphatic hydroxyl groups is 1. The lowest BCUT2D eigenvalue weighted by molar-refractivity contribution is -0.274. The standard InChI is InChI=1S/C27H22F3NO6/c1-14-13-21(36-3)15(2)12-20(14)24(33)22-23(16-4-8-18(32)9-5-16)31(26(35)25(22)34)17-6-10-19(11-7-17)37-27(28,29)30/h4-13,23,32-33H,1-3H3/b24-22+. The van der Waals surface area contributed by atoms with Crippen LogP contribution in [0.15, 0.2) is 66.2 Å². The normalized spacial score (nSPS) is 17.2. The summed E-state index contributed by atoms with van der Waals surface area (Å²) in [5, 5.41) is 21.1. The summed E-state index contributed by atoms with van der Waals surface area (Å²) in [6, 6.07) is 12.3. The molecule has 1 atom stereocenters. The summed E-state index contributed by atoms with van der Waals surface area (Å²) in [5.41, 5.74) is 1.87. The van der Waals surface area contributed by atoms with Gasteiger partial charge in [-0.25, -0.2) is 0 Å². The number of phenols is 1. The number of ketones is 1. The third kappa shape index (κ3) is 4.95. The highest BCUT2D eigenvalue weighted by Gasteiger charge is 2.47. The SMILES string of the molecule is COc1cc(C)c(/C(O)=C2\C(=O)C(=O)N(c3ccc(OC(F)(F)F)cc3)C2c2ccc(O)cc2)cc1C. The van der Waals surface area contributed by atoms with Gasteiger partial charge in [0.25, 0.3) is 11.7 Å². The van der Waals surface area contributed by atoms with E-state index in [9.17, 15) is 33.0 Å². The summed E-state index contributed by atoms with van der Waals surface area (Å²) < 4.78 is 47.0. The lowest BCUT2D eigenvalue weighted by Gasteiger charge is -2.26. The monoisotopic (exact) mass is 513 g/mol. The average molecular weight is 513 g/mol. The number of hydrogen-bond donors (Lipinski definition) is 2. The Bertz CT molecular complexity index is 1400. The predicted molar refractivity (Wildman–Crippen MR) is 128 cm³/mol. The van der Waals surface area contributed by atoms with E-state index in [1.165, 1.54) is 43.5 Å². The summed E-state index contributed by atoms with van der Waals surface area (Å²) in [7, 11) is 1.50. The lowest BCUT2D eigenvalue weighted by Crippen LogP contribution is -2.29. The molecule has 1 fully saturated rings. The van der Waals surface area contributed by atoms with Gasteiger partial charge in [0.2, 0.25) is 0 Å². The van der Waals surface area contributed by atoms with Crippen molar-refractivity contribution in [1.29, 1.82) is 0 Å². The summed E-state index contributed by atoms with van der Waals surface area (Å²) in [6.45, 7) is 3.47. The van der Waals surface area contributed by atoms with Gasteiger partial charge >= 0.3 is 6.36 Å². The third-order valence-corrected chi connectivity index (χ3v) is 6.00. The molecule has 1 unspecified atom stereocenters. The molecule has 0 radical (unpaired) electrons. The number of hydrogen-bond acceptors (Lipinski definition) is 6. The average Bonchev–Trinajstić information content (AvgIpc) is 3.10. The van der Waals surface area contributed by atoms with Crippen LogP contribution in [-0.2, 0) is 9.59 Å². The maximum Gasteiger partial charge on any atom is 0.573 e. The van der Waals surface area contributed by atoms with E-state index in [0.29, 0.717) is 28.0 Å². The predicted octanol–water partition coefficient (Wildman–Crippen LogP) is 5.54. The number of nitrogens with zero attached hydrogens (tertiary/aromatic N) is 1. The first-order chi connectivity index (χ1) is 17.4. The molecule has 10 heteroatoms. The second-order valence-corrected chi connectivity index (χ2v) is 8.44. The Morgan fingerprint density at radius 2 is 1.57 bits per heavy atom.